The highest BCUT2D eigenvalue weighted by atomic mass is 79.9. The maximum absolute atomic E-state index is 3.65. The first-order valence-corrected chi connectivity index (χ1v) is 14.7. The van der Waals surface area contributed by atoms with Crippen molar-refractivity contribution in [3.05, 3.63) is 115 Å². The van der Waals surface area contributed by atoms with Gasteiger partial charge in [-0.1, -0.05) is 137 Å². The van der Waals surface area contributed by atoms with Crippen molar-refractivity contribution in [3.63, 3.8) is 0 Å². The predicted molar refractivity (Wildman–Crippen MR) is 171 cm³/mol. The van der Waals surface area contributed by atoms with Gasteiger partial charge in [-0.3, -0.25) is 0 Å². The van der Waals surface area contributed by atoms with Crippen LogP contribution in [0.3, 0.4) is 0 Å². The van der Waals surface area contributed by atoms with Crippen molar-refractivity contribution < 1.29 is 0 Å². The summed E-state index contributed by atoms with van der Waals surface area (Å²) < 4.78 is 4.63. The molecule has 0 fully saturated rings. The Balaban J connectivity index is 0.000000122. The molecule has 0 aliphatic rings. The molecule has 4 heteroatoms. The molecule has 8 rings (SSSR count). The van der Waals surface area contributed by atoms with Crippen LogP contribution in [0.4, 0.5) is 0 Å². The summed E-state index contributed by atoms with van der Waals surface area (Å²) in [6.07, 6.45) is 0. The van der Waals surface area contributed by atoms with Gasteiger partial charge >= 0.3 is 0 Å². The van der Waals surface area contributed by atoms with Crippen LogP contribution in [0.5, 0.6) is 0 Å². The number of hydrogen-bond donors (Lipinski definition) is 0. The molecule has 0 saturated heterocycles. The van der Waals surface area contributed by atoms with E-state index in [1.165, 1.54) is 64.6 Å². The third kappa shape index (κ3) is 3.42. The fourth-order valence-corrected chi connectivity index (χ4v) is 7.31. The van der Waals surface area contributed by atoms with Gasteiger partial charge in [-0.05, 0) is 88.9 Å². The van der Waals surface area contributed by atoms with Crippen LogP contribution >= 0.6 is 63.7 Å². The summed E-state index contributed by atoms with van der Waals surface area (Å²) in [7, 11) is 0. The van der Waals surface area contributed by atoms with Gasteiger partial charge in [0, 0.05) is 17.9 Å². The topological polar surface area (TPSA) is 0 Å². The summed E-state index contributed by atoms with van der Waals surface area (Å²) in [5.74, 6) is 0. The molecule has 0 unspecified atom stereocenters. The van der Waals surface area contributed by atoms with E-state index in [0.29, 0.717) is 0 Å². The van der Waals surface area contributed by atoms with Crippen molar-refractivity contribution in [1.82, 2.24) is 0 Å². The normalized spacial score (nSPS) is 11.9. The van der Waals surface area contributed by atoms with Gasteiger partial charge in [0.15, 0.2) is 0 Å². The number of rotatable bonds is 0. The second-order valence-electron chi connectivity index (χ2n) is 9.03. The molecule has 8 aromatic rings. The molecular weight excluding hydrogens is 704 g/mol. The Morgan fingerprint density at radius 3 is 0.667 bits per heavy atom. The molecule has 36 heavy (non-hydrogen) atoms. The van der Waals surface area contributed by atoms with Gasteiger partial charge in [0.2, 0.25) is 0 Å². The van der Waals surface area contributed by atoms with Gasteiger partial charge in [-0.25, -0.2) is 0 Å². The van der Waals surface area contributed by atoms with Crippen LogP contribution in [0.15, 0.2) is 115 Å². The monoisotopic (exact) mass is 716 g/mol. The van der Waals surface area contributed by atoms with Crippen molar-refractivity contribution in [2.24, 2.45) is 0 Å². The molecule has 0 saturated carbocycles. The summed E-state index contributed by atoms with van der Waals surface area (Å²) >= 11 is 14.6. The summed E-state index contributed by atoms with van der Waals surface area (Å²) in [5.41, 5.74) is 0. The van der Waals surface area contributed by atoms with Crippen molar-refractivity contribution in [2.75, 3.05) is 0 Å². The van der Waals surface area contributed by atoms with E-state index in [-0.39, 0.29) is 0 Å². The molecule has 0 aliphatic heterocycles. The lowest BCUT2D eigenvalue weighted by Gasteiger charge is -2.12. The average molecular weight is 720 g/mol. The Hall–Kier alpha value is -2.24. The van der Waals surface area contributed by atoms with Crippen LogP contribution in [-0.2, 0) is 0 Å². The zero-order chi connectivity index (χ0) is 24.6. The molecule has 0 atom stereocenters. The molecule has 0 amide bonds. The number of benzene rings is 8. The summed E-state index contributed by atoms with van der Waals surface area (Å²) in [6.45, 7) is 0. The molecule has 8 aromatic carbocycles. The predicted octanol–water partition coefficient (Wildman–Crippen LogP) is 12.2. The maximum atomic E-state index is 3.65. The Bertz CT molecular complexity index is 1790. The van der Waals surface area contributed by atoms with E-state index in [1.54, 1.807) is 0 Å². The minimum absolute atomic E-state index is 1.16. The van der Waals surface area contributed by atoms with Crippen LogP contribution in [0, 0.1) is 0 Å². The third-order valence-electron chi connectivity index (χ3n) is 7.12. The van der Waals surface area contributed by atoms with E-state index < -0.39 is 0 Å². The van der Waals surface area contributed by atoms with E-state index in [9.17, 15) is 0 Å². The maximum Gasteiger partial charge on any atom is 0.0254 e. The van der Waals surface area contributed by atoms with Crippen molar-refractivity contribution in [1.29, 1.82) is 0 Å². The molecule has 0 bridgehead atoms. The van der Waals surface area contributed by atoms with Crippen LogP contribution in [0.2, 0.25) is 0 Å². The summed E-state index contributed by atoms with van der Waals surface area (Å²) in [6, 6.07) is 34.7. The van der Waals surface area contributed by atoms with E-state index in [4.69, 9.17) is 0 Å². The average Bonchev–Trinajstić information content (AvgIpc) is 2.90. The van der Waals surface area contributed by atoms with Crippen molar-refractivity contribution in [2.45, 2.75) is 0 Å². The SMILES string of the molecule is Brc1ccc2ccc3c(Br)ccc4ccc1c2c43.Brc1ccc2ccc3c(Br)ccc4ccc1c2c43. The van der Waals surface area contributed by atoms with E-state index in [0.717, 1.165) is 17.9 Å². The first kappa shape index (κ1) is 22.9. The van der Waals surface area contributed by atoms with Gasteiger partial charge < -0.3 is 0 Å². The molecule has 0 N–H and O–H groups in total. The van der Waals surface area contributed by atoms with Gasteiger partial charge in [-0.2, -0.15) is 0 Å². The number of hydrogen-bond acceptors (Lipinski definition) is 0. The van der Waals surface area contributed by atoms with Crippen molar-refractivity contribution in [3.8, 4) is 0 Å². The van der Waals surface area contributed by atoms with Crippen LogP contribution in [-0.4, -0.2) is 0 Å². The van der Waals surface area contributed by atoms with Gasteiger partial charge in [0.1, 0.15) is 0 Å². The van der Waals surface area contributed by atoms with Crippen LogP contribution < -0.4 is 0 Å². The highest BCUT2D eigenvalue weighted by Gasteiger charge is 2.12. The quantitative estimate of drug-likeness (QED) is 0.137. The van der Waals surface area contributed by atoms with E-state index in [2.05, 4.69) is 161 Å². The van der Waals surface area contributed by atoms with Crippen LogP contribution in [0.25, 0.3) is 64.6 Å². The second kappa shape index (κ2) is 8.66. The lowest BCUT2D eigenvalue weighted by atomic mass is 9.94. The zero-order valence-electron chi connectivity index (χ0n) is 18.7. The zero-order valence-corrected chi connectivity index (χ0v) is 25.1. The molecule has 0 aliphatic carbocycles. The minimum atomic E-state index is 1.16. The lowest BCUT2D eigenvalue weighted by Crippen LogP contribution is -1.85. The number of halogens is 4. The molecule has 0 heterocycles. The fraction of sp³-hybridized carbons (Fsp3) is 0. The first-order chi connectivity index (χ1) is 17.5. The second-order valence-corrected chi connectivity index (χ2v) is 12.5. The van der Waals surface area contributed by atoms with Gasteiger partial charge in [-0.15, -0.1) is 0 Å². The largest absolute Gasteiger partial charge is 0.0537 e. The molecular formula is C32H16Br4. The highest BCUT2D eigenvalue weighted by molar-refractivity contribution is 9.11. The Labute approximate surface area is 241 Å². The first-order valence-electron chi connectivity index (χ1n) is 11.5. The molecule has 0 aromatic heterocycles. The summed E-state index contributed by atoms with van der Waals surface area (Å²) in [4.78, 5) is 0. The Kier molecular flexibility index (Phi) is 5.52. The molecule has 0 nitrogen and oxygen atoms in total. The van der Waals surface area contributed by atoms with Gasteiger partial charge in [0.05, 0.1) is 0 Å². The summed E-state index contributed by atoms with van der Waals surface area (Å²) in [5, 5.41) is 15.7. The lowest BCUT2D eigenvalue weighted by molar-refractivity contribution is 1.73. The van der Waals surface area contributed by atoms with Crippen LogP contribution in [0.1, 0.15) is 0 Å². The molecule has 0 radical (unpaired) electrons. The fourth-order valence-electron chi connectivity index (χ4n) is 5.46. The smallest absolute Gasteiger partial charge is 0.0254 e. The standard InChI is InChI=1S/2C16H8Br2/c2*17-13-8-4-10-2-6-12-14(18)7-3-9-1-5-11(13)16(10)15(9)12/h2*1-8H. The van der Waals surface area contributed by atoms with E-state index in [1.807, 2.05) is 0 Å². The van der Waals surface area contributed by atoms with Crippen molar-refractivity contribution >= 4 is 128 Å². The van der Waals surface area contributed by atoms with E-state index >= 15 is 0 Å². The highest BCUT2D eigenvalue weighted by Crippen LogP contribution is 2.41. The minimum Gasteiger partial charge on any atom is -0.0537 e. The Morgan fingerprint density at radius 1 is 0.250 bits per heavy atom. The third-order valence-corrected chi connectivity index (χ3v) is 9.88. The van der Waals surface area contributed by atoms with Gasteiger partial charge in [0.25, 0.3) is 0 Å². The molecule has 0 spiro atoms. The molecule has 172 valence electrons. The Morgan fingerprint density at radius 2 is 0.444 bits per heavy atom.